The van der Waals surface area contributed by atoms with Gasteiger partial charge in [-0.2, -0.15) is 0 Å². The molecule has 2 N–H and O–H groups in total. The number of nitrogens with zero attached hydrogens (tertiary/aromatic N) is 3. The second-order valence-electron chi connectivity index (χ2n) is 7.70. The van der Waals surface area contributed by atoms with Crippen molar-refractivity contribution < 1.29 is 0 Å². The van der Waals surface area contributed by atoms with E-state index in [-0.39, 0.29) is 5.54 Å². The van der Waals surface area contributed by atoms with Crippen LogP contribution in [0.25, 0.3) is 0 Å². The zero-order chi connectivity index (χ0) is 16.0. The Morgan fingerprint density at radius 3 is 2.00 bits per heavy atom. The van der Waals surface area contributed by atoms with Crippen LogP contribution >= 0.6 is 0 Å². The fraction of sp³-hybridized carbons (Fsp3) is 1.00. The molecule has 21 heavy (non-hydrogen) atoms. The van der Waals surface area contributed by atoms with Gasteiger partial charge in [0.25, 0.3) is 0 Å². The Hall–Kier alpha value is -0.160. The van der Waals surface area contributed by atoms with Crippen LogP contribution in [0.15, 0.2) is 0 Å². The van der Waals surface area contributed by atoms with E-state index < -0.39 is 0 Å². The summed E-state index contributed by atoms with van der Waals surface area (Å²) in [6.45, 7) is 15.8. The highest BCUT2D eigenvalue weighted by molar-refractivity contribution is 4.97. The Kier molecular flexibility index (Phi) is 7.62. The Bertz CT molecular complexity index is 281. The van der Waals surface area contributed by atoms with Crippen molar-refractivity contribution in [2.24, 2.45) is 11.7 Å². The number of piperidine rings is 1. The minimum Gasteiger partial charge on any atom is -0.329 e. The quantitative estimate of drug-likeness (QED) is 0.740. The molecule has 1 heterocycles. The molecule has 1 aliphatic rings. The van der Waals surface area contributed by atoms with Crippen molar-refractivity contribution >= 4 is 0 Å². The molecule has 1 aliphatic heterocycles. The first-order chi connectivity index (χ1) is 9.80. The molecule has 0 aliphatic carbocycles. The smallest absolute Gasteiger partial charge is 0.0356 e. The fourth-order valence-corrected chi connectivity index (χ4v) is 3.39. The Morgan fingerprint density at radius 2 is 1.62 bits per heavy atom. The SMILES string of the molecule is CC(C)CN(CCN(C)C)C1(CN)CCN(C(C)C)CC1. The van der Waals surface area contributed by atoms with E-state index in [0.717, 1.165) is 26.2 Å². The molecule has 0 aromatic carbocycles. The van der Waals surface area contributed by atoms with Crippen molar-refractivity contribution in [3.63, 3.8) is 0 Å². The van der Waals surface area contributed by atoms with Crippen LogP contribution in [0, 0.1) is 5.92 Å². The molecule has 1 fully saturated rings. The van der Waals surface area contributed by atoms with Crippen molar-refractivity contribution in [3.8, 4) is 0 Å². The van der Waals surface area contributed by atoms with Crippen LogP contribution < -0.4 is 5.73 Å². The van der Waals surface area contributed by atoms with Crippen LogP contribution in [0.4, 0.5) is 0 Å². The monoisotopic (exact) mass is 298 g/mol. The first-order valence-corrected chi connectivity index (χ1v) is 8.64. The standard InChI is InChI=1S/C17H38N4/c1-15(2)13-21(12-11-19(5)6)17(14-18)7-9-20(10-8-17)16(3)4/h15-16H,7-14,18H2,1-6H3. The van der Waals surface area contributed by atoms with Crippen molar-refractivity contribution in [1.82, 2.24) is 14.7 Å². The van der Waals surface area contributed by atoms with Gasteiger partial charge in [0.05, 0.1) is 0 Å². The minimum atomic E-state index is 0.214. The lowest BCUT2D eigenvalue weighted by Crippen LogP contribution is -2.61. The molecule has 0 spiro atoms. The van der Waals surface area contributed by atoms with E-state index in [1.807, 2.05) is 0 Å². The predicted molar refractivity (Wildman–Crippen MR) is 92.7 cm³/mol. The van der Waals surface area contributed by atoms with Crippen LogP contribution in [0.1, 0.15) is 40.5 Å². The average molecular weight is 299 g/mol. The third-order valence-electron chi connectivity index (χ3n) is 4.91. The van der Waals surface area contributed by atoms with Crippen molar-refractivity contribution in [3.05, 3.63) is 0 Å². The molecule has 1 saturated heterocycles. The second-order valence-corrected chi connectivity index (χ2v) is 7.70. The average Bonchev–Trinajstić information content (AvgIpc) is 2.42. The fourth-order valence-electron chi connectivity index (χ4n) is 3.39. The zero-order valence-corrected chi connectivity index (χ0v) is 15.2. The second kappa shape index (κ2) is 8.47. The maximum absolute atomic E-state index is 6.27. The predicted octanol–water partition coefficient (Wildman–Crippen LogP) is 1.71. The van der Waals surface area contributed by atoms with Gasteiger partial charge in [0.2, 0.25) is 0 Å². The van der Waals surface area contributed by atoms with E-state index >= 15 is 0 Å². The largest absolute Gasteiger partial charge is 0.329 e. The molecule has 0 amide bonds. The number of nitrogens with two attached hydrogens (primary N) is 1. The number of hydrogen-bond acceptors (Lipinski definition) is 4. The van der Waals surface area contributed by atoms with Crippen LogP contribution in [0.5, 0.6) is 0 Å². The molecule has 126 valence electrons. The Labute approximate surface area is 132 Å². The summed E-state index contributed by atoms with van der Waals surface area (Å²) in [6, 6.07) is 0.654. The number of rotatable bonds is 8. The molecule has 0 bridgehead atoms. The van der Waals surface area contributed by atoms with E-state index in [1.54, 1.807) is 0 Å². The minimum absolute atomic E-state index is 0.214. The summed E-state index contributed by atoms with van der Waals surface area (Å²) in [4.78, 5) is 7.56. The molecule has 1 rings (SSSR count). The Balaban J connectivity index is 2.75. The van der Waals surface area contributed by atoms with Gasteiger partial charge in [-0.25, -0.2) is 0 Å². The normalized spacial score (nSPS) is 20.1. The summed E-state index contributed by atoms with van der Waals surface area (Å²) in [6.07, 6.45) is 2.42. The summed E-state index contributed by atoms with van der Waals surface area (Å²) in [5.41, 5.74) is 6.48. The van der Waals surface area contributed by atoms with E-state index in [2.05, 4.69) is 56.5 Å². The van der Waals surface area contributed by atoms with Gasteiger partial charge in [0.15, 0.2) is 0 Å². The molecule has 0 radical (unpaired) electrons. The lowest BCUT2D eigenvalue weighted by molar-refractivity contribution is 0.00778. The summed E-state index contributed by atoms with van der Waals surface area (Å²) in [7, 11) is 4.31. The highest BCUT2D eigenvalue weighted by atomic mass is 15.3. The van der Waals surface area contributed by atoms with Gasteiger partial charge < -0.3 is 15.5 Å². The topological polar surface area (TPSA) is 35.7 Å². The van der Waals surface area contributed by atoms with Crippen molar-refractivity contribution in [2.75, 3.05) is 53.4 Å². The Morgan fingerprint density at radius 1 is 1.05 bits per heavy atom. The molecule has 0 atom stereocenters. The molecule has 0 aromatic rings. The first kappa shape index (κ1) is 18.9. The van der Waals surface area contributed by atoms with Gasteiger partial charge >= 0.3 is 0 Å². The van der Waals surface area contributed by atoms with Crippen molar-refractivity contribution in [1.29, 1.82) is 0 Å². The summed E-state index contributed by atoms with van der Waals surface area (Å²) in [5.74, 6) is 0.693. The molecule has 0 saturated carbocycles. The number of likely N-dealkylation sites (tertiary alicyclic amines) is 1. The molecule has 4 nitrogen and oxygen atoms in total. The maximum atomic E-state index is 6.27. The van der Waals surface area contributed by atoms with Crippen LogP contribution in [0.2, 0.25) is 0 Å². The maximum Gasteiger partial charge on any atom is 0.0356 e. The van der Waals surface area contributed by atoms with Gasteiger partial charge in [-0.1, -0.05) is 13.8 Å². The summed E-state index contributed by atoms with van der Waals surface area (Å²) < 4.78 is 0. The van der Waals surface area contributed by atoms with E-state index in [0.29, 0.717) is 12.0 Å². The third kappa shape index (κ3) is 5.51. The van der Waals surface area contributed by atoms with Gasteiger partial charge in [0, 0.05) is 50.8 Å². The van der Waals surface area contributed by atoms with Gasteiger partial charge in [0.1, 0.15) is 0 Å². The lowest BCUT2D eigenvalue weighted by atomic mass is 9.84. The molecular formula is C17H38N4. The highest BCUT2D eigenvalue weighted by Crippen LogP contribution is 2.29. The highest BCUT2D eigenvalue weighted by Gasteiger charge is 2.39. The van der Waals surface area contributed by atoms with E-state index in [4.69, 9.17) is 5.73 Å². The first-order valence-electron chi connectivity index (χ1n) is 8.64. The third-order valence-corrected chi connectivity index (χ3v) is 4.91. The van der Waals surface area contributed by atoms with Crippen LogP contribution in [-0.2, 0) is 0 Å². The molecular weight excluding hydrogens is 260 g/mol. The van der Waals surface area contributed by atoms with Crippen molar-refractivity contribution in [2.45, 2.75) is 52.1 Å². The lowest BCUT2D eigenvalue weighted by Gasteiger charge is -2.50. The zero-order valence-electron chi connectivity index (χ0n) is 15.2. The molecule has 4 heteroatoms. The van der Waals surface area contributed by atoms with E-state index in [9.17, 15) is 0 Å². The van der Waals surface area contributed by atoms with Gasteiger partial charge in [-0.15, -0.1) is 0 Å². The van der Waals surface area contributed by atoms with Crippen LogP contribution in [0.3, 0.4) is 0 Å². The molecule has 0 unspecified atom stereocenters. The molecule has 0 aromatic heterocycles. The van der Waals surface area contributed by atoms with Crippen LogP contribution in [-0.4, -0.2) is 79.6 Å². The summed E-state index contributed by atoms with van der Waals surface area (Å²) in [5, 5.41) is 0. The van der Waals surface area contributed by atoms with Gasteiger partial charge in [-0.05, 0) is 46.7 Å². The van der Waals surface area contributed by atoms with E-state index in [1.165, 1.54) is 25.9 Å². The summed E-state index contributed by atoms with van der Waals surface area (Å²) >= 11 is 0. The number of likely N-dealkylation sites (N-methyl/N-ethyl adjacent to an activating group) is 1. The number of hydrogen-bond donors (Lipinski definition) is 1. The van der Waals surface area contributed by atoms with Gasteiger partial charge in [-0.3, -0.25) is 4.90 Å².